The van der Waals surface area contributed by atoms with E-state index in [0.717, 1.165) is 5.56 Å². The topological polar surface area (TPSA) is 72.2 Å². The van der Waals surface area contributed by atoms with E-state index in [1.54, 1.807) is 24.3 Å². The zero-order valence-corrected chi connectivity index (χ0v) is 13.7. The maximum Gasteiger partial charge on any atom is 0.269 e. The third kappa shape index (κ3) is 5.14. The third-order valence-corrected chi connectivity index (χ3v) is 3.77. The molecular formula is C16H14BrFN2O3. The molecule has 0 aliphatic rings. The summed E-state index contributed by atoms with van der Waals surface area (Å²) in [6.45, 7) is 0.277. The molecule has 0 heterocycles. The maximum absolute atomic E-state index is 13.6. The molecular weight excluding hydrogens is 367 g/mol. The van der Waals surface area contributed by atoms with Crippen LogP contribution in [0.2, 0.25) is 0 Å². The maximum atomic E-state index is 13.6. The first-order valence-corrected chi connectivity index (χ1v) is 7.69. The van der Waals surface area contributed by atoms with Crippen molar-refractivity contribution in [2.24, 2.45) is 0 Å². The lowest BCUT2D eigenvalue weighted by atomic mass is 10.1. The Kier molecular flexibility index (Phi) is 5.81. The number of hydrogen-bond donors (Lipinski definition) is 1. The summed E-state index contributed by atoms with van der Waals surface area (Å²) >= 11 is 3.18. The highest BCUT2D eigenvalue weighted by Gasteiger charge is 2.08. The van der Waals surface area contributed by atoms with Crippen LogP contribution in [0.5, 0.6) is 0 Å². The quantitative estimate of drug-likeness (QED) is 0.612. The van der Waals surface area contributed by atoms with Gasteiger partial charge < -0.3 is 5.32 Å². The van der Waals surface area contributed by atoms with Crippen LogP contribution in [0, 0.1) is 15.9 Å². The highest BCUT2D eigenvalue weighted by molar-refractivity contribution is 9.10. The number of non-ortho nitro benzene ring substituents is 1. The second-order valence-electron chi connectivity index (χ2n) is 4.94. The van der Waals surface area contributed by atoms with Crippen molar-refractivity contribution in [1.82, 2.24) is 5.32 Å². The lowest BCUT2D eigenvalue weighted by Crippen LogP contribution is -2.23. The fraction of sp³-hybridized carbons (Fsp3) is 0.188. The average molecular weight is 381 g/mol. The molecule has 0 saturated heterocycles. The molecule has 7 heteroatoms. The number of carbonyl (C=O) groups excluding carboxylic acids is 1. The first-order valence-electron chi connectivity index (χ1n) is 6.89. The van der Waals surface area contributed by atoms with E-state index in [2.05, 4.69) is 21.2 Å². The first kappa shape index (κ1) is 17.1. The molecule has 0 fully saturated rings. The molecule has 0 radical (unpaired) electrons. The van der Waals surface area contributed by atoms with Crippen LogP contribution in [0.1, 0.15) is 17.5 Å². The predicted molar refractivity (Wildman–Crippen MR) is 87.4 cm³/mol. The van der Waals surface area contributed by atoms with Crippen LogP contribution < -0.4 is 5.32 Å². The van der Waals surface area contributed by atoms with Crippen LogP contribution in [0.3, 0.4) is 0 Å². The fourth-order valence-electron chi connectivity index (χ4n) is 2.00. The van der Waals surface area contributed by atoms with E-state index in [0.29, 0.717) is 16.5 Å². The van der Waals surface area contributed by atoms with E-state index in [1.165, 1.54) is 18.2 Å². The normalized spacial score (nSPS) is 10.3. The SMILES string of the molecule is O=C(CCc1ccc(Br)cc1F)NCc1ccc([N+](=O)[O-])cc1. The lowest BCUT2D eigenvalue weighted by Gasteiger charge is -2.06. The van der Waals surface area contributed by atoms with Crippen molar-refractivity contribution in [3.05, 3.63) is 74.0 Å². The van der Waals surface area contributed by atoms with E-state index in [4.69, 9.17) is 0 Å². The van der Waals surface area contributed by atoms with Crippen molar-refractivity contribution in [2.45, 2.75) is 19.4 Å². The van der Waals surface area contributed by atoms with Crippen molar-refractivity contribution < 1.29 is 14.1 Å². The minimum atomic E-state index is -0.477. The Morgan fingerprint density at radius 1 is 1.22 bits per heavy atom. The highest BCUT2D eigenvalue weighted by Crippen LogP contribution is 2.16. The first-order chi connectivity index (χ1) is 11.0. The van der Waals surface area contributed by atoms with E-state index in [1.807, 2.05) is 0 Å². The smallest absolute Gasteiger partial charge is 0.269 e. The molecule has 0 aliphatic heterocycles. The largest absolute Gasteiger partial charge is 0.352 e. The van der Waals surface area contributed by atoms with Crippen LogP contribution in [-0.4, -0.2) is 10.8 Å². The van der Waals surface area contributed by atoms with Crippen LogP contribution in [0.4, 0.5) is 10.1 Å². The number of nitro benzene ring substituents is 1. The van der Waals surface area contributed by atoms with Gasteiger partial charge in [0.05, 0.1) is 4.92 Å². The molecule has 0 unspecified atom stereocenters. The minimum absolute atomic E-state index is 0.00536. The summed E-state index contributed by atoms with van der Waals surface area (Å²) in [6, 6.07) is 10.7. The number of carbonyl (C=O) groups is 1. The molecule has 0 atom stereocenters. The Balaban J connectivity index is 1.82. The molecule has 1 amide bonds. The molecule has 0 aliphatic carbocycles. The van der Waals surface area contributed by atoms with Crippen LogP contribution in [0.15, 0.2) is 46.9 Å². The van der Waals surface area contributed by atoms with Gasteiger partial charge in [0, 0.05) is 29.6 Å². The zero-order chi connectivity index (χ0) is 16.8. The number of nitrogens with zero attached hydrogens (tertiary/aromatic N) is 1. The number of amides is 1. The Labute approximate surface area is 140 Å². The molecule has 0 saturated carbocycles. The summed E-state index contributed by atoms with van der Waals surface area (Å²) in [6.07, 6.45) is 0.483. The summed E-state index contributed by atoms with van der Waals surface area (Å²) in [5, 5.41) is 13.3. The minimum Gasteiger partial charge on any atom is -0.352 e. The summed E-state index contributed by atoms with van der Waals surface area (Å²) in [5.41, 5.74) is 1.25. The molecule has 0 spiro atoms. The second kappa shape index (κ2) is 7.82. The van der Waals surface area contributed by atoms with Gasteiger partial charge in [0.1, 0.15) is 5.82 Å². The lowest BCUT2D eigenvalue weighted by molar-refractivity contribution is -0.384. The number of hydrogen-bond acceptors (Lipinski definition) is 3. The molecule has 2 rings (SSSR count). The van der Waals surface area contributed by atoms with E-state index >= 15 is 0 Å². The van der Waals surface area contributed by atoms with Gasteiger partial charge in [0.15, 0.2) is 0 Å². The summed E-state index contributed by atoms with van der Waals surface area (Å²) in [5.74, 6) is -0.548. The molecule has 23 heavy (non-hydrogen) atoms. The average Bonchev–Trinajstić information content (AvgIpc) is 2.52. The van der Waals surface area contributed by atoms with Gasteiger partial charge in [-0.05, 0) is 29.7 Å². The standard InChI is InChI=1S/C16H14BrFN2O3/c17-13-5-3-12(15(18)9-13)4-8-16(21)19-10-11-1-6-14(7-2-11)20(22)23/h1-3,5-7,9H,4,8,10H2,(H,19,21). The van der Waals surface area contributed by atoms with Crippen LogP contribution >= 0.6 is 15.9 Å². The third-order valence-electron chi connectivity index (χ3n) is 3.27. The van der Waals surface area contributed by atoms with E-state index < -0.39 is 4.92 Å². The van der Waals surface area contributed by atoms with Gasteiger partial charge in [0.25, 0.3) is 5.69 Å². The van der Waals surface area contributed by atoms with Crippen molar-refractivity contribution in [3.8, 4) is 0 Å². The number of benzene rings is 2. The van der Waals surface area contributed by atoms with Crippen molar-refractivity contribution in [2.75, 3.05) is 0 Å². The molecule has 5 nitrogen and oxygen atoms in total. The van der Waals surface area contributed by atoms with Gasteiger partial charge in [-0.2, -0.15) is 0 Å². The molecule has 0 aromatic heterocycles. The number of aryl methyl sites for hydroxylation is 1. The fourth-order valence-corrected chi connectivity index (χ4v) is 2.33. The van der Waals surface area contributed by atoms with Gasteiger partial charge in [-0.15, -0.1) is 0 Å². The van der Waals surface area contributed by atoms with Gasteiger partial charge in [0.2, 0.25) is 5.91 Å². The second-order valence-corrected chi connectivity index (χ2v) is 5.85. The summed E-state index contributed by atoms with van der Waals surface area (Å²) in [7, 11) is 0. The number of rotatable bonds is 6. The van der Waals surface area contributed by atoms with Crippen LogP contribution in [0.25, 0.3) is 0 Å². The highest BCUT2D eigenvalue weighted by atomic mass is 79.9. The van der Waals surface area contributed by atoms with E-state index in [-0.39, 0.29) is 30.4 Å². The van der Waals surface area contributed by atoms with Gasteiger partial charge in [-0.3, -0.25) is 14.9 Å². The summed E-state index contributed by atoms with van der Waals surface area (Å²) < 4.78 is 14.3. The van der Waals surface area contributed by atoms with Crippen LogP contribution in [-0.2, 0) is 17.8 Å². The number of nitro groups is 1. The Morgan fingerprint density at radius 3 is 2.52 bits per heavy atom. The Bertz CT molecular complexity index is 720. The predicted octanol–water partition coefficient (Wildman–Crippen LogP) is 3.75. The Hall–Kier alpha value is -2.28. The van der Waals surface area contributed by atoms with Crippen molar-refractivity contribution in [1.29, 1.82) is 0 Å². The number of nitrogens with one attached hydrogen (secondary N) is 1. The monoisotopic (exact) mass is 380 g/mol. The molecule has 2 aromatic rings. The van der Waals surface area contributed by atoms with Gasteiger partial charge in [-0.25, -0.2) is 4.39 Å². The van der Waals surface area contributed by atoms with Gasteiger partial charge in [-0.1, -0.05) is 34.1 Å². The van der Waals surface area contributed by atoms with Crippen molar-refractivity contribution in [3.63, 3.8) is 0 Å². The zero-order valence-electron chi connectivity index (χ0n) is 12.1. The molecule has 120 valence electrons. The molecule has 2 aromatic carbocycles. The Morgan fingerprint density at radius 2 is 1.91 bits per heavy atom. The van der Waals surface area contributed by atoms with Crippen molar-refractivity contribution >= 4 is 27.5 Å². The molecule has 0 bridgehead atoms. The summed E-state index contributed by atoms with van der Waals surface area (Å²) in [4.78, 5) is 21.9. The number of halogens is 2. The van der Waals surface area contributed by atoms with E-state index in [9.17, 15) is 19.3 Å². The molecule has 1 N–H and O–H groups in total. The van der Waals surface area contributed by atoms with Gasteiger partial charge >= 0.3 is 0 Å².